The minimum absolute atomic E-state index is 0.0783. The first-order valence-electron chi connectivity index (χ1n) is 9.96. The average Bonchev–Trinajstić information content (AvgIpc) is 3.12. The Balaban J connectivity index is 1.80. The molecule has 2 saturated carbocycles. The lowest BCUT2D eigenvalue weighted by Crippen LogP contribution is -2.53. The normalized spacial score (nSPS) is 47.4. The van der Waals surface area contributed by atoms with Crippen molar-refractivity contribution in [1.29, 1.82) is 0 Å². The van der Waals surface area contributed by atoms with Crippen LogP contribution in [0.3, 0.4) is 0 Å². The smallest absolute Gasteiger partial charge is 0.282 e. The Morgan fingerprint density at radius 2 is 0.972 bits per heavy atom. The fourth-order valence-corrected chi connectivity index (χ4v) is 13.6. The standard InChI is InChI=1S/C20H8Cl12O3S/c21-11-13(23)17(27)9-7(15(11,25)19(17,29)30)5-2-1-4(36(33,34)35)3-6(5)8-10(9)18(28)14(24)12(22)16(8,26)20(18,31)32/h1-3,7-10H,(H,33,34,35)/t7-,8+,9-,10+,15+,16+,17+,18+/m0/s1. The Bertz CT molecular complexity index is 1470. The second kappa shape index (κ2) is 7.53. The van der Waals surface area contributed by atoms with Gasteiger partial charge in [0.1, 0.15) is 19.5 Å². The molecule has 3 nitrogen and oxygen atoms in total. The molecule has 0 aromatic heterocycles. The molecule has 16 heteroatoms. The van der Waals surface area contributed by atoms with E-state index in [0.717, 1.165) is 0 Å². The van der Waals surface area contributed by atoms with Crippen LogP contribution in [0.25, 0.3) is 0 Å². The second-order valence-corrected chi connectivity index (χ2v) is 17.5. The highest BCUT2D eigenvalue weighted by molar-refractivity contribution is 7.85. The first-order valence-corrected chi connectivity index (χ1v) is 15.9. The van der Waals surface area contributed by atoms with E-state index in [9.17, 15) is 13.0 Å². The van der Waals surface area contributed by atoms with Crippen molar-refractivity contribution in [3.63, 3.8) is 0 Å². The molecule has 36 heavy (non-hydrogen) atoms. The van der Waals surface area contributed by atoms with Gasteiger partial charge in [-0.05, 0) is 23.3 Å². The van der Waals surface area contributed by atoms with Crippen molar-refractivity contribution in [3.05, 3.63) is 49.5 Å². The SMILES string of the molecule is O=S(=O)(O)c1ccc2c(c1)[C@@H]1[C@H]([C@@H]3[C@H]2[C@@]2(Cl)C(Cl)=C(Cl)[C@@]3(Cl)C2(Cl)Cl)[C@@]2(Cl)C(Cl)=C(Cl)[C@@]1(Cl)C2(Cl)Cl. The molecule has 1 aromatic rings. The summed E-state index contributed by atoms with van der Waals surface area (Å²) in [6.07, 6.45) is 0. The summed E-state index contributed by atoms with van der Waals surface area (Å²) < 4.78 is 29.9. The van der Waals surface area contributed by atoms with E-state index >= 15 is 0 Å². The molecular weight excluding hydrogens is 746 g/mol. The molecule has 0 spiro atoms. The van der Waals surface area contributed by atoms with E-state index in [1.165, 1.54) is 18.2 Å². The Labute approximate surface area is 265 Å². The van der Waals surface area contributed by atoms with Crippen molar-refractivity contribution >= 4 is 149 Å². The van der Waals surface area contributed by atoms with Crippen molar-refractivity contribution < 1.29 is 13.0 Å². The van der Waals surface area contributed by atoms with Gasteiger partial charge in [0.2, 0.25) is 0 Å². The lowest BCUT2D eigenvalue weighted by atomic mass is 9.57. The van der Waals surface area contributed by atoms with Gasteiger partial charge in [0.05, 0.1) is 25.0 Å². The van der Waals surface area contributed by atoms with Gasteiger partial charge >= 0.3 is 0 Å². The molecule has 0 saturated heterocycles. The maximum absolute atomic E-state index is 12.1. The summed E-state index contributed by atoms with van der Waals surface area (Å²) >= 11 is 82.8. The fourth-order valence-electron chi connectivity index (χ4n) is 7.04. The summed E-state index contributed by atoms with van der Waals surface area (Å²) in [5, 5.41) is -0.404. The lowest BCUT2D eigenvalue weighted by molar-refractivity contribution is 0.201. The van der Waals surface area contributed by atoms with Gasteiger partial charge < -0.3 is 0 Å². The van der Waals surface area contributed by atoms with Crippen LogP contribution in [0.1, 0.15) is 23.0 Å². The zero-order valence-electron chi connectivity index (χ0n) is 16.7. The molecule has 196 valence electrons. The van der Waals surface area contributed by atoms with Crippen LogP contribution >= 0.6 is 139 Å². The van der Waals surface area contributed by atoms with Crippen LogP contribution in [0.15, 0.2) is 43.2 Å². The van der Waals surface area contributed by atoms with Crippen molar-refractivity contribution in [2.75, 3.05) is 0 Å². The predicted octanol–water partition coefficient (Wildman–Crippen LogP) is 9.04. The number of hydrogen-bond acceptors (Lipinski definition) is 2. The Hall–Kier alpha value is 2.09. The van der Waals surface area contributed by atoms with Gasteiger partial charge in [0, 0.05) is 23.7 Å². The summed E-state index contributed by atoms with van der Waals surface area (Å²) in [5.74, 6) is -3.79. The number of rotatable bonds is 1. The Morgan fingerprint density at radius 3 is 1.36 bits per heavy atom. The second-order valence-electron chi connectivity index (χ2n) is 9.52. The Kier molecular flexibility index (Phi) is 5.90. The summed E-state index contributed by atoms with van der Waals surface area (Å²) in [6, 6.07) is 3.85. The van der Waals surface area contributed by atoms with Gasteiger partial charge in [-0.15, -0.1) is 46.4 Å². The van der Waals surface area contributed by atoms with Crippen molar-refractivity contribution in [1.82, 2.24) is 0 Å². The summed E-state index contributed by atoms with van der Waals surface area (Å²) in [7, 11) is -4.65. The molecule has 1 N–H and O–H groups in total. The van der Waals surface area contributed by atoms with Crippen LogP contribution in [-0.4, -0.2) is 41.1 Å². The molecule has 1 aromatic carbocycles. The monoisotopic (exact) mass is 748 g/mol. The minimum Gasteiger partial charge on any atom is -0.282 e. The molecule has 5 aliphatic rings. The van der Waals surface area contributed by atoms with Gasteiger partial charge in [-0.3, -0.25) is 4.55 Å². The minimum atomic E-state index is -4.65. The lowest BCUT2D eigenvalue weighted by Gasteiger charge is -2.52. The van der Waals surface area contributed by atoms with Crippen LogP contribution in [0.4, 0.5) is 0 Å². The van der Waals surface area contributed by atoms with Gasteiger partial charge in [-0.1, -0.05) is 98.9 Å². The van der Waals surface area contributed by atoms with Crippen molar-refractivity contribution in [3.8, 4) is 0 Å². The van der Waals surface area contributed by atoms with Crippen LogP contribution < -0.4 is 0 Å². The number of halogens is 12. The molecule has 2 fully saturated rings. The highest BCUT2D eigenvalue weighted by atomic mass is 35.5. The molecule has 0 aliphatic heterocycles. The van der Waals surface area contributed by atoms with Gasteiger partial charge in [-0.25, -0.2) is 0 Å². The number of benzene rings is 1. The first-order chi connectivity index (χ1) is 16.2. The number of hydrogen-bond donors (Lipinski definition) is 1. The summed E-state index contributed by atoms with van der Waals surface area (Å²) in [4.78, 5) is -7.73. The molecule has 0 amide bonds. The molecule has 0 heterocycles. The quantitative estimate of drug-likeness (QED) is 0.230. The van der Waals surface area contributed by atoms with Gasteiger partial charge in [-0.2, -0.15) is 8.42 Å². The molecular formula is C20H8Cl12O3S. The first kappa shape index (κ1) is 28.2. The maximum Gasteiger partial charge on any atom is 0.294 e. The zero-order chi connectivity index (χ0) is 27.0. The highest BCUT2D eigenvalue weighted by Crippen LogP contribution is 2.88. The third-order valence-corrected chi connectivity index (χ3v) is 17.8. The number of fused-ring (bicyclic) bond motifs is 14. The van der Waals surface area contributed by atoms with E-state index in [1.807, 2.05) is 0 Å². The average molecular weight is 754 g/mol. The topological polar surface area (TPSA) is 54.4 Å². The molecule has 0 radical (unpaired) electrons. The summed E-state index contributed by atoms with van der Waals surface area (Å²) in [6.45, 7) is 0. The van der Waals surface area contributed by atoms with Crippen molar-refractivity contribution in [2.45, 2.75) is 44.9 Å². The van der Waals surface area contributed by atoms with Crippen molar-refractivity contribution in [2.24, 2.45) is 11.8 Å². The molecule has 6 rings (SSSR count). The highest BCUT2D eigenvalue weighted by Gasteiger charge is 2.91. The van der Waals surface area contributed by atoms with E-state index in [2.05, 4.69) is 0 Å². The van der Waals surface area contributed by atoms with Gasteiger partial charge in [0.15, 0.2) is 8.67 Å². The van der Waals surface area contributed by atoms with E-state index in [4.69, 9.17) is 139 Å². The summed E-state index contributed by atoms with van der Waals surface area (Å²) in [5.41, 5.74) is 0.705. The predicted molar refractivity (Wildman–Crippen MR) is 149 cm³/mol. The largest absolute Gasteiger partial charge is 0.294 e. The molecule has 5 aliphatic carbocycles. The number of allylic oxidation sites excluding steroid dienone is 4. The third kappa shape index (κ3) is 2.51. The van der Waals surface area contributed by atoms with Crippen LogP contribution in [0.2, 0.25) is 0 Å². The third-order valence-electron chi connectivity index (χ3n) is 8.40. The Morgan fingerprint density at radius 1 is 0.611 bits per heavy atom. The van der Waals surface area contributed by atoms with E-state index in [-0.39, 0.29) is 25.7 Å². The molecule has 4 bridgehead atoms. The van der Waals surface area contributed by atoms with E-state index in [1.54, 1.807) is 0 Å². The van der Waals surface area contributed by atoms with Crippen LogP contribution in [0.5, 0.6) is 0 Å². The fraction of sp³-hybridized carbons (Fsp3) is 0.500. The van der Waals surface area contributed by atoms with Gasteiger partial charge in [0.25, 0.3) is 10.1 Å². The zero-order valence-corrected chi connectivity index (χ0v) is 26.6. The molecule has 0 unspecified atom stereocenters. The maximum atomic E-state index is 12.1. The van der Waals surface area contributed by atoms with E-state index in [0.29, 0.717) is 5.56 Å². The number of alkyl halides is 8. The molecule has 8 atom stereocenters. The van der Waals surface area contributed by atoms with Crippen LogP contribution in [-0.2, 0) is 10.1 Å². The van der Waals surface area contributed by atoms with Crippen LogP contribution in [0, 0.1) is 11.8 Å². The van der Waals surface area contributed by atoms with E-state index < -0.39 is 66.8 Å².